The Hall–Kier alpha value is -3.85. The minimum Gasteiger partial charge on any atom is -0.493 e. The van der Waals surface area contributed by atoms with E-state index in [1.807, 2.05) is 36.4 Å². The van der Waals surface area contributed by atoms with Crippen LogP contribution in [0.5, 0.6) is 23.0 Å². The van der Waals surface area contributed by atoms with Gasteiger partial charge in [0, 0.05) is 11.1 Å². The second kappa shape index (κ2) is 8.01. The van der Waals surface area contributed by atoms with Crippen molar-refractivity contribution in [3.8, 4) is 34.4 Å². The molecule has 3 heterocycles. The molecule has 0 saturated heterocycles. The maximum absolute atomic E-state index is 12.9. The predicted octanol–water partition coefficient (Wildman–Crippen LogP) is 2.82. The number of para-hydroxylation sites is 1. The lowest BCUT2D eigenvalue weighted by Gasteiger charge is -2.15. The second-order valence-electron chi connectivity index (χ2n) is 7.01. The molecule has 32 heavy (non-hydrogen) atoms. The lowest BCUT2D eigenvalue weighted by atomic mass is 10.1. The van der Waals surface area contributed by atoms with E-state index in [2.05, 4.69) is 10.1 Å². The van der Waals surface area contributed by atoms with Gasteiger partial charge >= 0.3 is 0 Å². The van der Waals surface area contributed by atoms with Crippen LogP contribution in [0, 0.1) is 0 Å². The van der Waals surface area contributed by atoms with Crippen LogP contribution in [0.3, 0.4) is 0 Å². The molecule has 1 aliphatic heterocycles. The molecule has 2 aromatic heterocycles. The van der Waals surface area contributed by atoms with E-state index in [9.17, 15) is 4.79 Å². The predicted molar refractivity (Wildman–Crippen MR) is 122 cm³/mol. The minimum atomic E-state index is -0.226. The van der Waals surface area contributed by atoms with Crippen LogP contribution in [-0.2, 0) is 0 Å². The molecule has 0 saturated carbocycles. The van der Waals surface area contributed by atoms with E-state index >= 15 is 0 Å². The highest BCUT2D eigenvalue weighted by Gasteiger charge is 2.18. The molecule has 0 atom stereocenters. The van der Waals surface area contributed by atoms with E-state index in [0.717, 1.165) is 16.9 Å². The van der Waals surface area contributed by atoms with Gasteiger partial charge < -0.3 is 18.9 Å². The number of nitrogens with zero attached hydrogens (tertiary/aromatic N) is 3. The third kappa shape index (κ3) is 3.36. The quantitative estimate of drug-likeness (QED) is 0.463. The monoisotopic (exact) mass is 449 g/mol. The minimum absolute atomic E-state index is 0.226. The number of hydrogen-bond acceptors (Lipinski definition) is 8. The topological polar surface area (TPSA) is 84.2 Å². The standard InChI is InChI=1S/C23H19N3O5S/c1-28-17-10-15(11-18(29-2)20(17)30-3)21-24-23-26(25-21)22(27)19(32-23)9-13-8-14-6-4-5-7-16(14)31-12-13/h4-11H,12H2,1-3H3. The molecule has 2 aromatic carbocycles. The number of benzene rings is 2. The summed E-state index contributed by atoms with van der Waals surface area (Å²) in [4.78, 5) is 18.0. The van der Waals surface area contributed by atoms with Crippen LogP contribution in [0.1, 0.15) is 5.56 Å². The van der Waals surface area contributed by atoms with Crippen molar-refractivity contribution in [3.05, 3.63) is 62.4 Å². The zero-order valence-electron chi connectivity index (χ0n) is 17.6. The average molecular weight is 449 g/mol. The van der Waals surface area contributed by atoms with E-state index in [4.69, 9.17) is 18.9 Å². The van der Waals surface area contributed by atoms with Crippen molar-refractivity contribution < 1.29 is 18.9 Å². The fourth-order valence-corrected chi connectivity index (χ4v) is 4.47. The van der Waals surface area contributed by atoms with Gasteiger partial charge in [-0.1, -0.05) is 29.5 Å². The molecule has 0 aliphatic carbocycles. The molecule has 0 spiro atoms. The van der Waals surface area contributed by atoms with Crippen LogP contribution in [0.15, 0.2) is 46.8 Å². The van der Waals surface area contributed by atoms with Gasteiger partial charge in [-0.25, -0.2) is 0 Å². The summed E-state index contributed by atoms with van der Waals surface area (Å²) in [7, 11) is 4.62. The number of rotatable bonds is 5. The first-order chi connectivity index (χ1) is 15.6. The van der Waals surface area contributed by atoms with Crippen LogP contribution in [0.4, 0.5) is 0 Å². The zero-order valence-corrected chi connectivity index (χ0v) is 18.4. The first-order valence-electron chi connectivity index (χ1n) is 9.75. The van der Waals surface area contributed by atoms with Gasteiger partial charge in [0.2, 0.25) is 10.7 Å². The molecule has 0 amide bonds. The SMILES string of the molecule is COc1cc(-c2nc3sc(=CC4=Cc5ccccc5OC4)c(=O)n3n2)cc(OC)c1OC. The lowest BCUT2D eigenvalue weighted by molar-refractivity contribution is 0.324. The molecule has 0 fully saturated rings. The fourth-order valence-electron chi connectivity index (χ4n) is 3.55. The first kappa shape index (κ1) is 20.1. The summed E-state index contributed by atoms with van der Waals surface area (Å²) in [5, 5.41) is 4.42. The molecule has 5 rings (SSSR count). The van der Waals surface area contributed by atoms with Gasteiger partial charge in [0.15, 0.2) is 17.3 Å². The molecule has 0 unspecified atom stereocenters. The van der Waals surface area contributed by atoms with Gasteiger partial charge in [-0.2, -0.15) is 9.50 Å². The summed E-state index contributed by atoms with van der Waals surface area (Å²) in [6.07, 6.45) is 3.86. The van der Waals surface area contributed by atoms with Crippen LogP contribution in [0.2, 0.25) is 0 Å². The Bertz CT molecular complexity index is 1450. The van der Waals surface area contributed by atoms with E-state index in [1.54, 1.807) is 26.4 Å². The van der Waals surface area contributed by atoms with Crippen molar-refractivity contribution in [3.63, 3.8) is 0 Å². The van der Waals surface area contributed by atoms with Gasteiger partial charge in [0.25, 0.3) is 5.56 Å². The first-order valence-corrected chi connectivity index (χ1v) is 10.6. The Balaban J connectivity index is 1.55. The largest absolute Gasteiger partial charge is 0.493 e. The van der Waals surface area contributed by atoms with Crippen LogP contribution < -0.4 is 29.0 Å². The Morgan fingerprint density at radius 3 is 2.53 bits per heavy atom. The van der Waals surface area contributed by atoms with Crippen molar-refractivity contribution in [1.82, 2.24) is 14.6 Å². The molecule has 8 nitrogen and oxygen atoms in total. The van der Waals surface area contributed by atoms with Gasteiger partial charge in [0.05, 0.1) is 25.9 Å². The normalized spacial score (nSPS) is 13.5. The van der Waals surface area contributed by atoms with Crippen LogP contribution >= 0.6 is 11.3 Å². The van der Waals surface area contributed by atoms with Crippen molar-refractivity contribution >= 4 is 28.4 Å². The number of fused-ring (bicyclic) bond motifs is 2. The Kier molecular flexibility index (Phi) is 5.02. The summed E-state index contributed by atoms with van der Waals surface area (Å²) >= 11 is 1.28. The molecule has 162 valence electrons. The number of ether oxygens (including phenoxy) is 4. The number of thiazole rings is 1. The number of aromatic nitrogens is 3. The van der Waals surface area contributed by atoms with Crippen molar-refractivity contribution in [2.45, 2.75) is 0 Å². The van der Waals surface area contributed by atoms with E-state index < -0.39 is 0 Å². The molecular formula is C23H19N3O5S. The second-order valence-corrected chi connectivity index (χ2v) is 8.01. The highest BCUT2D eigenvalue weighted by molar-refractivity contribution is 7.15. The Morgan fingerprint density at radius 2 is 1.84 bits per heavy atom. The highest BCUT2D eigenvalue weighted by atomic mass is 32.1. The van der Waals surface area contributed by atoms with E-state index in [0.29, 0.717) is 44.7 Å². The summed E-state index contributed by atoms with van der Waals surface area (Å²) < 4.78 is 23.8. The maximum atomic E-state index is 12.9. The molecule has 4 aromatic rings. The van der Waals surface area contributed by atoms with Crippen molar-refractivity contribution in [2.24, 2.45) is 0 Å². The fraction of sp³-hybridized carbons (Fsp3) is 0.174. The summed E-state index contributed by atoms with van der Waals surface area (Å²) in [6.45, 7) is 0.404. The maximum Gasteiger partial charge on any atom is 0.291 e. The zero-order chi connectivity index (χ0) is 22.2. The van der Waals surface area contributed by atoms with Crippen LogP contribution in [0.25, 0.3) is 28.5 Å². The van der Waals surface area contributed by atoms with Gasteiger partial charge in [-0.15, -0.1) is 5.10 Å². The molecular weight excluding hydrogens is 430 g/mol. The van der Waals surface area contributed by atoms with E-state index in [-0.39, 0.29) is 5.56 Å². The number of hydrogen-bond donors (Lipinski definition) is 0. The number of methoxy groups -OCH3 is 3. The van der Waals surface area contributed by atoms with Crippen LogP contribution in [-0.4, -0.2) is 42.5 Å². The smallest absolute Gasteiger partial charge is 0.291 e. The summed E-state index contributed by atoms with van der Waals surface area (Å²) in [5.74, 6) is 2.69. The van der Waals surface area contributed by atoms with Crippen molar-refractivity contribution in [2.75, 3.05) is 27.9 Å². The van der Waals surface area contributed by atoms with E-state index in [1.165, 1.54) is 23.0 Å². The molecule has 0 N–H and O–H groups in total. The Morgan fingerprint density at radius 1 is 1.09 bits per heavy atom. The molecule has 9 heteroatoms. The third-order valence-corrected chi connectivity index (χ3v) is 6.03. The van der Waals surface area contributed by atoms with Gasteiger partial charge in [-0.3, -0.25) is 4.79 Å². The lowest BCUT2D eigenvalue weighted by Crippen LogP contribution is -2.24. The molecule has 0 radical (unpaired) electrons. The van der Waals surface area contributed by atoms with Gasteiger partial charge in [0.1, 0.15) is 12.4 Å². The Labute approximate surface area is 186 Å². The average Bonchev–Trinajstić information content (AvgIpc) is 3.37. The molecule has 1 aliphatic rings. The van der Waals surface area contributed by atoms with Crippen molar-refractivity contribution in [1.29, 1.82) is 0 Å². The summed E-state index contributed by atoms with van der Waals surface area (Å²) in [5.41, 5.74) is 2.33. The summed E-state index contributed by atoms with van der Waals surface area (Å²) in [6, 6.07) is 11.3. The third-order valence-electron chi connectivity index (χ3n) is 5.08. The van der Waals surface area contributed by atoms with Gasteiger partial charge in [-0.05, 0) is 35.9 Å². The highest BCUT2D eigenvalue weighted by Crippen LogP contribution is 2.40. The molecule has 0 bridgehead atoms.